The topological polar surface area (TPSA) is 66.0 Å². The highest BCUT2D eigenvalue weighted by Crippen LogP contribution is 2.21. The Morgan fingerprint density at radius 2 is 1.90 bits per heavy atom. The average molecular weight is 395 g/mol. The van der Waals surface area contributed by atoms with Crippen LogP contribution in [0.2, 0.25) is 0 Å². The third kappa shape index (κ3) is 6.06. The number of guanidine groups is 1. The van der Waals surface area contributed by atoms with Gasteiger partial charge in [0.15, 0.2) is 5.96 Å². The lowest BCUT2D eigenvalue weighted by Crippen LogP contribution is -2.36. The van der Waals surface area contributed by atoms with Crippen LogP contribution in [0.1, 0.15) is 36.5 Å². The van der Waals surface area contributed by atoms with Crippen LogP contribution in [0, 0.1) is 0 Å². The van der Waals surface area contributed by atoms with Crippen LogP contribution in [-0.2, 0) is 29.2 Å². The van der Waals surface area contributed by atoms with Gasteiger partial charge in [0.2, 0.25) is 5.91 Å². The van der Waals surface area contributed by atoms with Gasteiger partial charge in [0.05, 0.1) is 13.2 Å². The third-order valence-electron chi connectivity index (χ3n) is 4.85. The molecule has 0 bridgehead atoms. The first-order valence-corrected chi connectivity index (χ1v) is 10.2. The molecule has 1 amide bonds. The minimum Gasteiger partial charge on any atom is -0.380 e. The summed E-state index contributed by atoms with van der Waals surface area (Å²) in [4.78, 5) is 18.4. The van der Waals surface area contributed by atoms with E-state index in [1.807, 2.05) is 23.1 Å². The molecule has 0 unspecified atom stereocenters. The van der Waals surface area contributed by atoms with E-state index in [-0.39, 0.29) is 5.91 Å². The molecule has 1 aliphatic heterocycles. The van der Waals surface area contributed by atoms with E-state index in [0.29, 0.717) is 26.1 Å². The molecule has 0 radical (unpaired) electrons. The molecule has 154 valence electrons. The van der Waals surface area contributed by atoms with Crippen LogP contribution >= 0.6 is 0 Å². The fourth-order valence-corrected chi connectivity index (χ4v) is 3.40. The van der Waals surface area contributed by atoms with Crippen molar-refractivity contribution in [3.8, 4) is 0 Å². The lowest BCUT2D eigenvalue weighted by atomic mass is 10.1. The van der Waals surface area contributed by atoms with Crippen LogP contribution in [0.25, 0.3) is 0 Å². The molecule has 1 heterocycles. The van der Waals surface area contributed by atoms with E-state index >= 15 is 0 Å². The van der Waals surface area contributed by atoms with Gasteiger partial charge in [-0.2, -0.15) is 0 Å². The van der Waals surface area contributed by atoms with Crippen LogP contribution < -0.4 is 15.5 Å². The van der Waals surface area contributed by atoms with Crippen LogP contribution in [-0.4, -0.2) is 32.1 Å². The number of carbonyl (C=O) groups excluding carboxylic acids is 1. The molecule has 1 aliphatic rings. The van der Waals surface area contributed by atoms with Crippen molar-refractivity contribution in [2.24, 2.45) is 4.99 Å². The summed E-state index contributed by atoms with van der Waals surface area (Å²) in [5, 5.41) is 6.66. The first kappa shape index (κ1) is 20.9. The lowest BCUT2D eigenvalue weighted by Gasteiger charge is -2.16. The smallest absolute Gasteiger partial charge is 0.227 e. The molecule has 0 spiro atoms. The van der Waals surface area contributed by atoms with Crippen molar-refractivity contribution in [1.29, 1.82) is 0 Å². The largest absolute Gasteiger partial charge is 0.380 e. The second kappa shape index (κ2) is 10.6. The van der Waals surface area contributed by atoms with E-state index in [0.717, 1.165) is 47.8 Å². The Morgan fingerprint density at radius 3 is 2.59 bits per heavy atom. The van der Waals surface area contributed by atoms with E-state index in [2.05, 4.69) is 47.9 Å². The van der Waals surface area contributed by atoms with Crippen molar-refractivity contribution in [1.82, 2.24) is 10.6 Å². The molecule has 1 saturated heterocycles. The Balaban J connectivity index is 1.58. The predicted molar refractivity (Wildman–Crippen MR) is 117 cm³/mol. The Morgan fingerprint density at radius 1 is 1.10 bits per heavy atom. The zero-order chi connectivity index (χ0) is 20.5. The standard InChI is InChI=1S/C23H30N4O2/c1-3-24-23(26-16-19-6-4-7-20(14-19)17-29-2)25-15-18-9-11-21(12-10-18)27-13-5-8-22(27)28/h4,6-7,9-12,14H,3,5,8,13,15-17H2,1-2H3,(H2,24,25,26). The molecule has 6 nitrogen and oxygen atoms in total. The molecule has 2 aromatic rings. The zero-order valence-corrected chi connectivity index (χ0v) is 17.3. The number of ether oxygens (including phenoxy) is 1. The fraction of sp³-hybridized carbons (Fsp3) is 0.391. The number of nitrogens with one attached hydrogen (secondary N) is 2. The highest BCUT2D eigenvalue weighted by molar-refractivity contribution is 5.95. The molecular formula is C23H30N4O2. The number of amides is 1. The number of hydrogen-bond acceptors (Lipinski definition) is 3. The van der Waals surface area contributed by atoms with Gasteiger partial charge in [-0.05, 0) is 42.2 Å². The number of methoxy groups -OCH3 is 1. The van der Waals surface area contributed by atoms with Crippen LogP contribution in [0.3, 0.4) is 0 Å². The Hall–Kier alpha value is -2.86. The molecular weight excluding hydrogens is 364 g/mol. The summed E-state index contributed by atoms with van der Waals surface area (Å²) in [6.45, 7) is 5.55. The average Bonchev–Trinajstić information content (AvgIpc) is 3.17. The van der Waals surface area contributed by atoms with Gasteiger partial charge >= 0.3 is 0 Å². The number of benzene rings is 2. The maximum absolute atomic E-state index is 11.9. The molecule has 6 heteroatoms. The minimum atomic E-state index is 0.215. The van der Waals surface area contributed by atoms with Crippen molar-refractivity contribution in [2.45, 2.75) is 39.5 Å². The molecule has 2 N–H and O–H groups in total. The molecule has 2 aromatic carbocycles. The zero-order valence-electron chi connectivity index (χ0n) is 17.3. The van der Waals surface area contributed by atoms with E-state index in [1.54, 1.807) is 7.11 Å². The van der Waals surface area contributed by atoms with Gasteiger partial charge in [-0.15, -0.1) is 0 Å². The first-order chi connectivity index (χ1) is 14.2. The van der Waals surface area contributed by atoms with E-state index in [1.165, 1.54) is 0 Å². The maximum atomic E-state index is 11.9. The molecule has 0 aromatic heterocycles. The van der Waals surface area contributed by atoms with Crippen LogP contribution in [0.5, 0.6) is 0 Å². The molecule has 0 atom stereocenters. The summed E-state index contributed by atoms with van der Waals surface area (Å²) in [7, 11) is 1.70. The molecule has 0 saturated carbocycles. The highest BCUT2D eigenvalue weighted by Gasteiger charge is 2.21. The van der Waals surface area contributed by atoms with Crippen LogP contribution in [0.15, 0.2) is 53.5 Å². The summed E-state index contributed by atoms with van der Waals surface area (Å²) < 4.78 is 5.20. The molecule has 3 rings (SSSR count). The van der Waals surface area contributed by atoms with Crippen molar-refractivity contribution in [2.75, 3.05) is 25.1 Å². The van der Waals surface area contributed by atoms with Crippen molar-refractivity contribution in [3.63, 3.8) is 0 Å². The number of hydrogen-bond donors (Lipinski definition) is 2. The van der Waals surface area contributed by atoms with E-state index < -0.39 is 0 Å². The maximum Gasteiger partial charge on any atom is 0.227 e. The second-order valence-corrected chi connectivity index (χ2v) is 7.12. The van der Waals surface area contributed by atoms with Gasteiger partial charge in [-0.25, -0.2) is 4.99 Å². The number of aliphatic imine (C=N–C) groups is 1. The van der Waals surface area contributed by atoms with Crippen molar-refractivity contribution in [3.05, 3.63) is 65.2 Å². The highest BCUT2D eigenvalue weighted by atomic mass is 16.5. The Bertz CT molecular complexity index is 833. The van der Waals surface area contributed by atoms with Crippen molar-refractivity contribution >= 4 is 17.6 Å². The summed E-state index contributed by atoms with van der Waals surface area (Å²) >= 11 is 0. The normalized spacial score (nSPS) is 14.3. The molecule has 29 heavy (non-hydrogen) atoms. The summed E-state index contributed by atoms with van der Waals surface area (Å²) in [6.07, 6.45) is 1.60. The van der Waals surface area contributed by atoms with Gasteiger partial charge < -0.3 is 20.3 Å². The number of carbonyl (C=O) groups is 1. The van der Waals surface area contributed by atoms with Crippen LogP contribution in [0.4, 0.5) is 5.69 Å². The number of rotatable bonds is 8. The Kier molecular flexibility index (Phi) is 7.64. The van der Waals surface area contributed by atoms with Gasteiger partial charge in [0, 0.05) is 38.9 Å². The predicted octanol–water partition coefficient (Wildman–Crippen LogP) is 3.22. The Labute approximate surface area is 173 Å². The molecule has 0 aliphatic carbocycles. The van der Waals surface area contributed by atoms with Gasteiger partial charge in [0.25, 0.3) is 0 Å². The first-order valence-electron chi connectivity index (χ1n) is 10.2. The monoisotopic (exact) mass is 394 g/mol. The fourth-order valence-electron chi connectivity index (χ4n) is 3.40. The van der Waals surface area contributed by atoms with E-state index in [9.17, 15) is 4.79 Å². The minimum absolute atomic E-state index is 0.215. The lowest BCUT2D eigenvalue weighted by molar-refractivity contribution is -0.117. The number of nitrogens with zero attached hydrogens (tertiary/aromatic N) is 2. The summed E-state index contributed by atoms with van der Waals surface area (Å²) in [5.41, 5.74) is 4.42. The summed E-state index contributed by atoms with van der Waals surface area (Å²) in [6, 6.07) is 16.4. The molecule has 1 fully saturated rings. The van der Waals surface area contributed by atoms with E-state index in [4.69, 9.17) is 9.73 Å². The number of anilines is 1. The SMILES string of the molecule is CCNC(=NCc1cccc(COC)c1)NCc1ccc(N2CCCC2=O)cc1. The summed E-state index contributed by atoms with van der Waals surface area (Å²) in [5.74, 6) is 0.996. The quantitative estimate of drug-likeness (QED) is 0.533. The second-order valence-electron chi connectivity index (χ2n) is 7.12. The van der Waals surface area contributed by atoms with Gasteiger partial charge in [-0.3, -0.25) is 4.79 Å². The van der Waals surface area contributed by atoms with Crippen molar-refractivity contribution < 1.29 is 9.53 Å². The third-order valence-corrected chi connectivity index (χ3v) is 4.85. The van der Waals surface area contributed by atoms with Gasteiger partial charge in [0.1, 0.15) is 0 Å². The van der Waals surface area contributed by atoms with Gasteiger partial charge in [-0.1, -0.05) is 36.4 Å².